The number of hydrogen-bond acceptors (Lipinski definition) is 3. The van der Waals surface area contributed by atoms with Gasteiger partial charge in [0.25, 0.3) is 0 Å². The maximum atomic E-state index is 12.0. The first-order chi connectivity index (χ1) is 9.07. The minimum absolute atomic E-state index is 0.0189. The first-order valence-electron chi connectivity index (χ1n) is 6.07. The molecule has 20 heavy (non-hydrogen) atoms. The van der Waals surface area contributed by atoms with E-state index in [0.717, 1.165) is 5.92 Å². The summed E-state index contributed by atoms with van der Waals surface area (Å²) < 4.78 is 36.0. The van der Waals surface area contributed by atoms with E-state index in [1.54, 1.807) is 6.07 Å². The van der Waals surface area contributed by atoms with Crippen LogP contribution in [0.15, 0.2) is 18.2 Å². The Hall–Kier alpha value is -1.58. The smallest absolute Gasteiger partial charge is 0.385 e. The normalized spacial score (nSPS) is 13.6. The molecule has 0 unspecified atom stereocenters. The number of nitrogens with zero attached hydrogens (tertiary/aromatic N) is 1. The fourth-order valence-electron chi connectivity index (χ4n) is 1.35. The third-order valence-electron chi connectivity index (χ3n) is 2.27. The van der Waals surface area contributed by atoms with Crippen molar-refractivity contribution in [3.63, 3.8) is 0 Å². The molecule has 1 heterocycles. The summed E-state index contributed by atoms with van der Waals surface area (Å²) >= 11 is 0. The van der Waals surface area contributed by atoms with Gasteiger partial charge in [0, 0.05) is 18.0 Å². The molecule has 3 nitrogen and oxygen atoms in total. The topological polar surface area (TPSA) is 45.1 Å². The Bertz CT molecular complexity index is 510. The van der Waals surface area contributed by atoms with Gasteiger partial charge >= 0.3 is 6.18 Å². The van der Waals surface area contributed by atoms with Crippen LogP contribution in [0.5, 0.6) is 0 Å². The lowest BCUT2D eigenvalue weighted by molar-refractivity contribution is -0.0696. The maximum Gasteiger partial charge on any atom is 0.458 e. The van der Waals surface area contributed by atoms with Crippen LogP contribution in [0.2, 0.25) is 0 Å². The molecule has 0 aliphatic heterocycles. The van der Waals surface area contributed by atoms with Crippen molar-refractivity contribution in [3.8, 4) is 11.8 Å². The van der Waals surface area contributed by atoms with Gasteiger partial charge in [-0.05, 0) is 38.8 Å². The van der Waals surface area contributed by atoms with Crippen molar-refractivity contribution in [2.75, 3.05) is 6.54 Å². The molecule has 0 saturated heterocycles. The van der Waals surface area contributed by atoms with Crippen molar-refractivity contribution in [1.82, 2.24) is 10.3 Å². The second kappa shape index (κ2) is 6.25. The van der Waals surface area contributed by atoms with E-state index in [-0.39, 0.29) is 23.5 Å². The van der Waals surface area contributed by atoms with Gasteiger partial charge in [0.05, 0.1) is 5.69 Å². The van der Waals surface area contributed by atoms with Crippen molar-refractivity contribution in [3.05, 3.63) is 29.6 Å². The molecule has 0 saturated carbocycles. The number of aliphatic hydroxyl groups excluding tert-OH is 1. The van der Waals surface area contributed by atoms with Crippen LogP contribution in [-0.2, 0) is 0 Å². The van der Waals surface area contributed by atoms with Crippen molar-refractivity contribution in [2.24, 2.45) is 0 Å². The summed E-state index contributed by atoms with van der Waals surface area (Å²) in [6.45, 7) is 6.09. The highest BCUT2D eigenvalue weighted by Crippen LogP contribution is 2.14. The van der Waals surface area contributed by atoms with Crippen LogP contribution in [0.3, 0.4) is 0 Å². The van der Waals surface area contributed by atoms with Crippen LogP contribution in [0.25, 0.3) is 0 Å². The first kappa shape index (κ1) is 16.5. The van der Waals surface area contributed by atoms with Gasteiger partial charge in [-0.1, -0.05) is 6.07 Å². The average molecular weight is 286 g/mol. The summed E-state index contributed by atoms with van der Waals surface area (Å²) in [4.78, 5) is 3.91. The zero-order valence-corrected chi connectivity index (χ0v) is 11.5. The van der Waals surface area contributed by atoms with Gasteiger partial charge in [-0.2, -0.15) is 13.2 Å². The molecule has 110 valence electrons. The molecule has 1 atom stereocenters. The highest BCUT2D eigenvalue weighted by Gasteiger charge is 2.23. The number of alkyl halides is 3. The number of aliphatic hydroxyl groups is 1. The van der Waals surface area contributed by atoms with Crippen molar-refractivity contribution in [1.29, 1.82) is 0 Å². The summed E-state index contributed by atoms with van der Waals surface area (Å²) in [6.07, 6.45) is -5.45. The van der Waals surface area contributed by atoms with Gasteiger partial charge in [-0.25, -0.2) is 4.98 Å². The molecule has 0 aliphatic carbocycles. The molecule has 6 heteroatoms. The van der Waals surface area contributed by atoms with E-state index in [9.17, 15) is 18.3 Å². The number of pyridine rings is 1. The van der Waals surface area contributed by atoms with E-state index in [2.05, 4.69) is 10.3 Å². The largest absolute Gasteiger partial charge is 0.458 e. The molecule has 0 aromatic carbocycles. The van der Waals surface area contributed by atoms with E-state index < -0.39 is 12.3 Å². The molecule has 0 radical (unpaired) electrons. The average Bonchev–Trinajstić information content (AvgIpc) is 2.32. The second-order valence-electron chi connectivity index (χ2n) is 5.34. The quantitative estimate of drug-likeness (QED) is 0.839. The summed E-state index contributed by atoms with van der Waals surface area (Å²) in [5, 5.41) is 13.0. The lowest BCUT2D eigenvalue weighted by Crippen LogP contribution is -2.38. The van der Waals surface area contributed by atoms with Crippen LogP contribution in [0.4, 0.5) is 13.2 Å². The maximum absolute atomic E-state index is 12.0. The monoisotopic (exact) mass is 286 g/mol. The van der Waals surface area contributed by atoms with E-state index in [1.807, 2.05) is 26.7 Å². The van der Waals surface area contributed by atoms with E-state index in [0.29, 0.717) is 0 Å². The predicted molar refractivity (Wildman–Crippen MR) is 69.9 cm³/mol. The first-order valence-corrected chi connectivity index (χ1v) is 6.07. The predicted octanol–water partition coefficient (Wildman–Crippen LogP) is 2.42. The molecule has 0 spiro atoms. The molecule has 0 aliphatic rings. The van der Waals surface area contributed by atoms with Crippen molar-refractivity contribution < 1.29 is 18.3 Å². The number of hydrogen-bond donors (Lipinski definition) is 2. The molecule has 1 aromatic heterocycles. The summed E-state index contributed by atoms with van der Waals surface area (Å²) in [5.74, 6) is 3.09. The Morgan fingerprint density at radius 3 is 2.50 bits per heavy atom. The van der Waals surface area contributed by atoms with Gasteiger partial charge in [0.1, 0.15) is 11.8 Å². The summed E-state index contributed by atoms with van der Waals surface area (Å²) in [6, 6.07) is 4.43. The van der Waals surface area contributed by atoms with Crippen LogP contribution >= 0.6 is 0 Å². The van der Waals surface area contributed by atoms with Crippen molar-refractivity contribution in [2.45, 2.75) is 38.6 Å². The fourth-order valence-corrected chi connectivity index (χ4v) is 1.35. The number of rotatable bonds is 3. The van der Waals surface area contributed by atoms with E-state index in [1.165, 1.54) is 12.1 Å². The van der Waals surface area contributed by atoms with E-state index in [4.69, 9.17) is 0 Å². The Morgan fingerprint density at radius 1 is 1.30 bits per heavy atom. The highest BCUT2D eigenvalue weighted by atomic mass is 19.4. The summed E-state index contributed by atoms with van der Waals surface area (Å²) in [7, 11) is 0. The van der Waals surface area contributed by atoms with Crippen molar-refractivity contribution >= 4 is 0 Å². The lowest BCUT2D eigenvalue weighted by atomic mass is 10.1. The van der Waals surface area contributed by atoms with Crippen LogP contribution in [0, 0.1) is 11.8 Å². The Kier molecular flexibility index (Phi) is 5.15. The molecular formula is C14H17F3N2O. The van der Waals surface area contributed by atoms with Gasteiger partial charge in [0.15, 0.2) is 0 Å². The molecule has 2 N–H and O–H groups in total. The zero-order chi connectivity index (χ0) is 15.4. The number of nitrogens with one attached hydrogen (secondary N) is 1. The molecule has 0 amide bonds. The minimum Gasteiger partial charge on any atom is -0.385 e. The van der Waals surface area contributed by atoms with Gasteiger partial charge in [-0.3, -0.25) is 0 Å². The Balaban J connectivity index is 2.79. The molecule has 1 aromatic rings. The molecular weight excluding hydrogens is 269 g/mol. The highest BCUT2D eigenvalue weighted by molar-refractivity contribution is 5.30. The summed E-state index contributed by atoms with van der Waals surface area (Å²) in [5.41, 5.74) is 0.0969. The SMILES string of the molecule is CC(C)(C)NC[C@H](O)c1cccc(C#CC(F)(F)F)n1. The Labute approximate surface area is 116 Å². The zero-order valence-electron chi connectivity index (χ0n) is 11.5. The van der Waals surface area contributed by atoms with Crippen LogP contribution in [0.1, 0.15) is 38.3 Å². The number of halogens is 3. The molecule has 0 bridgehead atoms. The minimum atomic E-state index is -4.55. The van der Waals surface area contributed by atoms with E-state index >= 15 is 0 Å². The third kappa shape index (κ3) is 6.55. The number of aromatic nitrogens is 1. The lowest BCUT2D eigenvalue weighted by Gasteiger charge is -2.22. The van der Waals surface area contributed by atoms with Crippen LogP contribution < -0.4 is 5.32 Å². The Morgan fingerprint density at radius 2 is 1.95 bits per heavy atom. The molecule has 1 rings (SSSR count). The van der Waals surface area contributed by atoms with Gasteiger partial charge in [0.2, 0.25) is 0 Å². The van der Waals surface area contributed by atoms with Gasteiger partial charge < -0.3 is 10.4 Å². The second-order valence-corrected chi connectivity index (χ2v) is 5.34. The van der Waals surface area contributed by atoms with Crippen LogP contribution in [-0.4, -0.2) is 28.4 Å². The third-order valence-corrected chi connectivity index (χ3v) is 2.27. The van der Waals surface area contributed by atoms with Gasteiger partial charge in [-0.15, -0.1) is 0 Å². The fraction of sp³-hybridized carbons (Fsp3) is 0.500. The number of β-amino-alcohol motifs (C(OH)–C–C–N with tert-alkyl or cyclic N) is 1. The molecule has 0 fully saturated rings. The standard InChI is InChI=1S/C14H17F3N2O/c1-13(2,3)18-9-12(20)11-6-4-5-10(19-11)7-8-14(15,16)17/h4-6,12,18,20H,9H2,1-3H3/t12-/m0/s1.